The molecule has 0 unspecified atom stereocenters. The number of nitrogens with zero attached hydrogens (tertiary/aromatic N) is 2. The number of thiazole rings is 1. The molecule has 1 aliphatic heterocycles. The maximum absolute atomic E-state index is 10.5. The average Bonchev–Trinajstić information content (AvgIpc) is 2.56. The van der Waals surface area contributed by atoms with Crippen LogP contribution in [0, 0.1) is 6.92 Å². The summed E-state index contributed by atoms with van der Waals surface area (Å²) in [4.78, 5) is 18.5. The summed E-state index contributed by atoms with van der Waals surface area (Å²) in [7, 11) is 0. The number of aryl methyl sites for hydroxylation is 1. The molecule has 1 N–H and O–H groups in total. The van der Waals surface area contributed by atoms with E-state index in [-0.39, 0.29) is 0 Å². The molecule has 0 amide bonds. The molecule has 0 aromatic carbocycles. The Morgan fingerprint density at radius 2 is 2.05 bits per heavy atom. The predicted molar refractivity (Wildman–Crippen MR) is 77.3 cm³/mol. The third-order valence-corrected chi connectivity index (χ3v) is 4.42. The van der Waals surface area contributed by atoms with Crippen LogP contribution in [0.3, 0.4) is 0 Å². The maximum atomic E-state index is 10.5. The zero-order valence-corrected chi connectivity index (χ0v) is 12.1. The summed E-state index contributed by atoms with van der Waals surface area (Å²) >= 11 is 1.60. The van der Waals surface area contributed by atoms with Gasteiger partial charge < -0.3 is 5.11 Å². The third kappa shape index (κ3) is 4.44. The predicted octanol–water partition coefficient (Wildman–Crippen LogP) is 2.93. The molecule has 2 rings (SSSR count). The Hall–Kier alpha value is -1.20. The van der Waals surface area contributed by atoms with Gasteiger partial charge in [0, 0.05) is 6.08 Å². The second kappa shape index (κ2) is 6.82. The molecule has 1 fully saturated rings. The topological polar surface area (TPSA) is 53.4 Å². The minimum absolute atomic E-state index is 0.895. The van der Waals surface area contributed by atoms with Gasteiger partial charge in [0.2, 0.25) is 0 Å². The fourth-order valence-electron chi connectivity index (χ4n) is 2.32. The van der Waals surface area contributed by atoms with Gasteiger partial charge in [-0.3, -0.25) is 4.90 Å². The van der Waals surface area contributed by atoms with Crippen LogP contribution in [0.15, 0.2) is 6.08 Å². The van der Waals surface area contributed by atoms with Crippen LogP contribution in [0.25, 0.3) is 6.08 Å². The minimum Gasteiger partial charge on any atom is -0.478 e. The van der Waals surface area contributed by atoms with E-state index < -0.39 is 5.97 Å². The van der Waals surface area contributed by atoms with E-state index in [4.69, 9.17) is 5.11 Å². The van der Waals surface area contributed by atoms with Crippen molar-refractivity contribution in [2.24, 2.45) is 0 Å². The van der Waals surface area contributed by atoms with Gasteiger partial charge in [-0.15, -0.1) is 11.3 Å². The second-order valence-corrected chi connectivity index (χ2v) is 6.03. The molecule has 1 aromatic rings. The van der Waals surface area contributed by atoms with Gasteiger partial charge in [-0.25, -0.2) is 9.78 Å². The van der Waals surface area contributed by atoms with E-state index in [0.717, 1.165) is 35.2 Å². The van der Waals surface area contributed by atoms with Gasteiger partial charge in [0.05, 0.1) is 17.1 Å². The molecule has 1 aromatic heterocycles. The van der Waals surface area contributed by atoms with Crippen LogP contribution >= 0.6 is 11.3 Å². The Labute approximate surface area is 117 Å². The van der Waals surface area contributed by atoms with E-state index in [1.165, 1.54) is 31.8 Å². The van der Waals surface area contributed by atoms with E-state index in [0.29, 0.717) is 0 Å². The first kappa shape index (κ1) is 14.2. The van der Waals surface area contributed by atoms with E-state index >= 15 is 0 Å². The summed E-state index contributed by atoms with van der Waals surface area (Å²) in [6.07, 6.45) is 8.03. The molecule has 0 atom stereocenters. The van der Waals surface area contributed by atoms with Crippen molar-refractivity contribution in [2.75, 3.05) is 13.1 Å². The van der Waals surface area contributed by atoms with E-state index in [2.05, 4.69) is 9.88 Å². The number of hydrogen-bond acceptors (Lipinski definition) is 4. The van der Waals surface area contributed by atoms with Crippen molar-refractivity contribution < 1.29 is 9.90 Å². The van der Waals surface area contributed by atoms with Crippen LogP contribution in [0.4, 0.5) is 0 Å². The third-order valence-electron chi connectivity index (χ3n) is 3.31. The first-order valence-electron chi connectivity index (χ1n) is 6.75. The Morgan fingerprint density at radius 3 is 2.68 bits per heavy atom. The summed E-state index contributed by atoms with van der Waals surface area (Å²) < 4.78 is 0. The van der Waals surface area contributed by atoms with Crippen LogP contribution in [0.2, 0.25) is 0 Å². The summed E-state index contributed by atoms with van der Waals surface area (Å²) in [5.41, 5.74) is 0.923. The highest BCUT2D eigenvalue weighted by atomic mass is 32.1. The van der Waals surface area contributed by atoms with Crippen LogP contribution in [0.5, 0.6) is 0 Å². The largest absolute Gasteiger partial charge is 0.478 e. The number of aliphatic carboxylic acids is 1. The van der Waals surface area contributed by atoms with E-state index in [1.54, 1.807) is 17.4 Å². The lowest BCUT2D eigenvalue weighted by Gasteiger charge is -2.17. The summed E-state index contributed by atoms with van der Waals surface area (Å²) in [6.45, 7) is 5.13. The molecular weight excluding hydrogens is 260 g/mol. The van der Waals surface area contributed by atoms with E-state index in [9.17, 15) is 4.79 Å². The Balaban J connectivity index is 2.00. The number of hydrogen-bond donors (Lipinski definition) is 1. The molecule has 0 aliphatic carbocycles. The van der Waals surface area contributed by atoms with Crippen LogP contribution in [0.1, 0.15) is 41.3 Å². The zero-order chi connectivity index (χ0) is 13.7. The van der Waals surface area contributed by atoms with Gasteiger partial charge in [0.15, 0.2) is 0 Å². The molecule has 4 nitrogen and oxygen atoms in total. The van der Waals surface area contributed by atoms with Crippen LogP contribution in [-0.2, 0) is 11.3 Å². The highest BCUT2D eigenvalue weighted by molar-refractivity contribution is 7.12. The van der Waals surface area contributed by atoms with Gasteiger partial charge in [-0.1, -0.05) is 12.8 Å². The summed E-state index contributed by atoms with van der Waals surface area (Å²) in [5, 5.41) is 9.74. The molecule has 0 spiro atoms. The van der Waals surface area contributed by atoms with Gasteiger partial charge in [0.25, 0.3) is 0 Å². The average molecular weight is 280 g/mol. The molecule has 0 bridgehead atoms. The van der Waals surface area contributed by atoms with E-state index in [1.807, 2.05) is 6.92 Å². The first-order valence-corrected chi connectivity index (χ1v) is 7.56. The second-order valence-electron chi connectivity index (χ2n) is 4.92. The van der Waals surface area contributed by atoms with Crippen LogP contribution in [-0.4, -0.2) is 34.0 Å². The number of carboxylic acids is 1. The molecule has 1 aliphatic rings. The number of carbonyl (C=O) groups is 1. The Morgan fingerprint density at radius 1 is 1.37 bits per heavy atom. The minimum atomic E-state index is -0.915. The van der Waals surface area contributed by atoms with Crippen molar-refractivity contribution in [1.29, 1.82) is 0 Å². The van der Waals surface area contributed by atoms with Crippen molar-refractivity contribution in [2.45, 2.75) is 39.2 Å². The quantitative estimate of drug-likeness (QED) is 0.862. The van der Waals surface area contributed by atoms with Gasteiger partial charge in [0.1, 0.15) is 5.01 Å². The standard InChI is InChI=1S/C14H20N2O2S/c1-11-12(6-7-14(17)18)19-13(15-11)10-16-8-4-2-3-5-9-16/h6-7H,2-5,8-10H2,1H3,(H,17,18)/b7-6+. The number of aromatic nitrogens is 1. The van der Waals surface area contributed by atoms with Crippen LogP contribution < -0.4 is 0 Å². The lowest BCUT2D eigenvalue weighted by Crippen LogP contribution is -2.23. The van der Waals surface area contributed by atoms with Crippen molar-refractivity contribution in [1.82, 2.24) is 9.88 Å². The van der Waals surface area contributed by atoms with Crippen molar-refractivity contribution in [3.05, 3.63) is 21.7 Å². The molecule has 19 heavy (non-hydrogen) atoms. The first-order chi connectivity index (χ1) is 9.15. The van der Waals surface area contributed by atoms with Crippen molar-refractivity contribution in [3.63, 3.8) is 0 Å². The highest BCUT2D eigenvalue weighted by Crippen LogP contribution is 2.22. The molecule has 2 heterocycles. The smallest absolute Gasteiger partial charge is 0.328 e. The monoisotopic (exact) mass is 280 g/mol. The van der Waals surface area contributed by atoms with Gasteiger partial charge >= 0.3 is 5.97 Å². The fourth-order valence-corrected chi connectivity index (χ4v) is 3.33. The lowest BCUT2D eigenvalue weighted by molar-refractivity contribution is -0.131. The summed E-state index contributed by atoms with van der Waals surface area (Å²) in [5.74, 6) is -0.915. The molecule has 0 radical (unpaired) electrons. The summed E-state index contributed by atoms with van der Waals surface area (Å²) in [6, 6.07) is 0. The maximum Gasteiger partial charge on any atom is 0.328 e. The Bertz CT molecular complexity index is 460. The number of rotatable bonds is 4. The molecule has 0 saturated carbocycles. The van der Waals surface area contributed by atoms with Gasteiger partial charge in [-0.05, 0) is 38.9 Å². The normalized spacial score (nSPS) is 17.7. The fraction of sp³-hybridized carbons (Fsp3) is 0.571. The number of carboxylic acid groups (broad SMARTS) is 1. The highest BCUT2D eigenvalue weighted by Gasteiger charge is 2.12. The van der Waals surface area contributed by atoms with Gasteiger partial charge in [-0.2, -0.15) is 0 Å². The Kier molecular flexibility index (Phi) is 5.10. The lowest BCUT2D eigenvalue weighted by atomic mass is 10.2. The SMILES string of the molecule is Cc1nc(CN2CCCCCC2)sc1/C=C/C(=O)O. The van der Waals surface area contributed by atoms with Crippen molar-refractivity contribution in [3.8, 4) is 0 Å². The molecule has 104 valence electrons. The molecule has 5 heteroatoms. The molecular formula is C14H20N2O2S. The zero-order valence-electron chi connectivity index (χ0n) is 11.3. The van der Waals surface area contributed by atoms with Crippen molar-refractivity contribution >= 4 is 23.4 Å². The number of likely N-dealkylation sites (tertiary alicyclic amines) is 1. The molecule has 1 saturated heterocycles.